The van der Waals surface area contributed by atoms with E-state index in [0.29, 0.717) is 24.5 Å². The van der Waals surface area contributed by atoms with Gasteiger partial charge in [0.2, 0.25) is 5.91 Å². The van der Waals surface area contributed by atoms with E-state index in [9.17, 15) is 4.79 Å². The van der Waals surface area contributed by atoms with Gasteiger partial charge in [-0.3, -0.25) is 4.79 Å². The zero-order valence-electron chi connectivity index (χ0n) is 8.46. The monoisotopic (exact) mass is 207 g/mol. The highest BCUT2D eigenvalue weighted by atomic mass is 16.5. The van der Waals surface area contributed by atoms with Gasteiger partial charge in [0.15, 0.2) is 0 Å². The number of hydrogen-bond acceptors (Lipinski definition) is 4. The Bertz CT molecular complexity index is 404. The first-order valence-electron chi connectivity index (χ1n) is 4.67. The highest BCUT2D eigenvalue weighted by molar-refractivity contribution is 5.94. The van der Waals surface area contributed by atoms with Crippen LogP contribution in [-0.4, -0.2) is 19.6 Å². The molecule has 0 aliphatic carbocycles. The van der Waals surface area contributed by atoms with Crippen molar-refractivity contribution in [2.45, 2.75) is 6.54 Å². The number of methoxy groups -OCH3 is 1. The van der Waals surface area contributed by atoms with Gasteiger partial charge in [-0.05, 0) is 17.7 Å². The lowest BCUT2D eigenvalue weighted by atomic mass is 10.1. The van der Waals surface area contributed by atoms with E-state index in [2.05, 4.69) is 10.6 Å². The number of nitrogens with two attached hydrogens (primary N) is 1. The van der Waals surface area contributed by atoms with E-state index in [4.69, 9.17) is 10.5 Å². The third-order valence-electron chi connectivity index (χ3n) is 2.33. The number of hydrogen-bond donors (Lipinski definition) is 3. The molecular formula is C10H13N3O2. The number of nitrogens with one attached hydrogen (secondary N) is 2. The van der Waals surface area contributed by atoms with Gasteiger partial charge < -0.3 is 21.1 Å². The smallest absolute Gasteiger partial charge is 0.238 e. The number of ether oxygens (including phenoxy) is 1. The summed E-state index contributed by atoms with van der Waals surface area (Å²) in [7, 11) is 1.57. The fraction of sp³-hybridized carbons (Fsp3) is 0.300. The Labute approximate surface area is 87.6 Å². The molecule has 1 aromatic carbocycles. The second-order valence-electron chi connectivity index (χ2n) is 3.40. The van der Waals surface area contributed by atoms with Gasteiger partial charge in [-0.15, -0.1) is 0 Å². The summed E-state index contributed by atoms with van der Waals surface area (Å²) in [5, 5.41) is 5.79. The van der Waals surface area contributed by atoms with Crippen molar-refractivity contribution in [2.75, 3.05) is 24.7 Å². The van der Waals surface area contributed by atoms with Crippen LogP contribution in [0.4, 0.5) is 11.4 Å². The van der Waals surface area contributed by atoms with Crippen molar-refractivity contribution in [1.29, 1.82) is 0 Å². The number of carbonyl (C=O) groups is 1. The second-order valence-corrected chi connectivity index (χ2v) is 3.40. The standard InChI is InChI=1S/C10H13N3O2/c1-15-9-2-6-4-12-5-10(14)13-8(6)3-7(9)11/h2-3,12H,4-5,11H2,1H3,(H,13,14). The molecule has 1 aliphatic heterocycles. The summed E-state index contributed by atoms with van der Waals surface area (Å²) in [5.74, 6) is 0.574. The van der Waals surface area contributed by atoms with Gasteiger partial charge in [0.1, 0.15) is 5.75 Å². The second kappa shape index (κ2) is 3.78. The Kier molecular flexibility index (Phi) is 2.47. The predicted molar refractivity (Wildman–Crippen MR) is 57.7 cm³/mol. The van der Waals surface area contributed by atoms with E-state index in [1.807, 2.05) is 6.07 Å². The van der Waals surface area contributed by atoms with Gasteiger partial charge in [-0.1, -0.05) is 0 Å². The molecule has 1 aromatic rings. The Morgan fingerprint density at radius 2 is 2.20 bits per heavy atom. The van der Waals surface area contributed by atoms with Crippen LogP contribution in [0.15, 0.2) is 12.1 Å². The summed E-state index contributed by atoms with van der Waals surface area (Å²) in [6.45, 7) is 0.946. The number of benzene rings is 1. The largest absolute Gasteiger partial charge is 0.495 e. The normalized spacial score (nSPS) is 15.1. The Morgan fingerprint density at radius 3 is 2.93 bits per heavy atom. The van der Waals surface area contributed by atoms with Gasteiger partial charge in [0.05, 0.1) is 19.3 Å². The van der Waals surface area contributed by atoms with E-state index in [1.165, 1.54) is 0 Å². The fourth-order valence-corrected chi connectivity index (χ4v) is 1.58. The first-order valence-corrected chi connectivity index (χ1v) is 4.67. The summed E-state index contributed by atoms with van der Waals surface area (Å²) in [6.07, 6.45) is 0. The highest BCUT2D eigenvalue weighted by Gasteiger charge is 2.14. The predicted octanol–water partition coefficient (Wildman–Crippen LogP) is 0.319. The van der Waals surface area contributed by atoms with Crippen molar-refractivity contribution in [1.82, 2.24) is 5.32 Å². The molecule has 0 fully saturated rings. The summed E-state index contributed by atoms with van der Waals surface area (Å²) < 4.78 is 5.11. The average molecular weight is 207 g/mol. The van der Waals surface area contributed by atoms with Crippen LogP contribution in [0.1, 0.15) is 5.56 Å². The maximum atomic E-state index is 11.3. The van der Waals surface area contributed by atoms with Crippen LogP contribution in [0.3, 0.4) is 0 Å². The SMILES string of the molecule is COc1cc2c(cc1N)NC(=O)CNC2. The van der Waals surface area contributed by atoms with Crippen molar-refractivity contribution in [3.05, 3.63) is 17.7 Å². The van der Waals surface area contributed by atoms with Crippen molar-refractivity contribution in [3.8, 4) is 5.75 Å². The van der Waals surface area contributed by atoms with E-state index in [1.54, 1.807) is 13.2 Å². The van der Waals surface area contributed by atoms with Crippen molar-refractivity contribution in [3.63, 3.8) is 0 Å². The molecule has 80 valence electrons. The Balaban J connectivity index is 2.44. The number of amides is 1. The molecule has 2 rings (SSSR count). The Hall–Kier alpha value is -1.75. The van der Waals surface area contributed by atoms with Crippen LogP contribution in [0, 0.1) is 0 Å². The van der Waals surface area contributed by atoms with E-state index >= 15 is 0 Å². The highest BCUT2D eigenvalue weighted by Crippen LogP contribution is 2.29. The third-order valence-corrected chi connectivity index (χ3v) is 2.33. The number of carbonyl (C=O) groups excluding carboxylic acids is 1. The van der Waals surface area contributed by atoms with Crippen LogP contribution >= 0.6 is 0 Å². The number of rotatable bonds is 1. The zero-order valence-corrected chi connectivity index (χ0v) is 8.46. The topological polar surface area (TPSA) is 76.4 Å². The average Bonchev–Trinajstić information content (AvgIpc) is 2.37. The summed E-state index contributed by atoms with van der Waals surface area (Å²) >= 11 is 0. The first kappa shape index (κ1) is 9.79. The molecule has 0 atom stereocenters. The van der Waals surface area contributed by atoms with Gasteiger partial charge in [0.25, 0.3) is 0 Å². The third kappa shape index (κ3) is 1.87. The molecule has 0 bridgehead atoms. The molecular weight excluding hydrogens is 194 g/mol. The van der Waals surface area contributed by atoms with Crippen LogP contribution in [0.5, 0.6) is 5.75 Å². The minimum absolute atomic E-state index is 0.0571. The summed E-state index contributed by atoms with van der Waals surface area (Å²) in [6, 6.07) is 3.56. The molecule has 0 aromatic heterocycles. The van der Waals surface area contributed by atoms with Crippen LogP contribution in [0.25, 0.3) is 0 Å². The number of anilines is 2. The zero-order chi connectivity index (χ0) is 10.8. The van der Waals surface area contributed by atoms with Crippen molar-refractivity contribution in [2.24, 2.45) is 0 Å². The molecule has 1 aliphatic rings. The molecule has 0 radical (unpaired) electrons. The molecule has 5 heteroatoms. The maximum Gasteiger partial charge on any atom is 0.238 e. The quantitative estimate of drug-likeness (QED) is 0.580. The van der Waals surface area contributed by atoms with Gasteiger partial charge in [-0.25, -0.2) is 0 Å². The molecule has 1 amide bonds. The summed E-state index contributed by atoms with van der Waals surface area (Å²) in [5.41, 5.74) is 8.01. The molecule has 0 spiro atoms. The lowest BCUT2D eigenvalue weighted by Crippen LogP contribution is -2.23. The number of fused-ring (bicyclic) bond motifs is 1. The molecule has 4 N–H and O–H groups in total. The minimum Gasteiger partial charge on any atom is -0.495 e. The van der Waals surface area contributed by atoms with E-state index in [0.717, 1.165) is 11.3 Å². The van der Waals surface area contributed by atoms with E-state index < -0.39 is 0 Å². The Morgan fingerprint density at radius 1 is 1.40 bits per heavy atom. The molecule has 15 heavy (non-hydrogen) atoms. The maximum absolute atomic E-state index is 11.3. The first-order chi connectivity index (χ1) is 7.20. The lowest BCUT2D eigenvalue weighted by molar-refractivity contribution is -0.115. The van der Waals surface area contributed by atoms with E-state index in [-0.39, 0.29) is 5.91 Å². The molecule has 0 saturated heterocycles. The molecule has 0 saturated carbocycles. The number of nitrogen functional groups attached to an aromatic ring is 1. The molecule has 0 unspecified atom stereocenters. The van der Waals surface area contributed by atoms with Gasteiger partial charge in [0, 0.05) is 12.2 Å². The lowest BCUT2D eigenvalue weighted by Gasteiger charge is -2.11. The van der Waals surface area contributed by atoms with Crippen LogP contribution in [0.2, 0.25) is 0 Å². The van der Waals surface area contributed by atoms with Crippen molar-refractivity contribution >= 4 is 17.3 Å². The van der Waals surface area contributed by atoms with Crippen LogP contribution in [-0.2, 0) is 11.3 Å². The van der Waals surface area contributed by atoms with Crippen LogP contribution < -0.4 is 21.1 Å². The van der Waals surface area contributed by atoms with Gasteiger partial charge >= 0.3 is 0 Å². The van der Waals surface area contributed by atoms with Crippen molar-refractivity contribution < 1.29 is 9.53 Å². The summed E-state index contributed by atoms with van der Waals surface area (Å²) in [4.78, 5) is 11.3. The minimum atomic E-state index is -0.0571. The molecule has 1 heterocycles. The molecule has 5 nitrogen and oxygen atoms in total. The fourth-order valence-electron chi connectivity index (χ4n) is 1.58. The van der Waals surface area contributed by atoms with Gasteiger partial charge in [-0.2, -0.15) is 0 Å².